The maximum Gasteiger partial charge on any atom is 0.274 e. The summed E-state index contributed by atoms with van der Waals surface area (Å²) >= 11 is 1.60. The molecule has 0 atom stereocenters. The fraction of sp³-hybridized carbons (Fsp3) is 0.278. The summed E-state index contributed by atoms with van der Waals surface area (Å²) in [4.78, 5) is 4.46. The molecule has 22 heavy (non-hydrogen) atoms. The van der Waals surface area contributed by atoms with Crippen LogP contribution in [0.15, 0.2) is 54.6 Å². The lowest BCUT2D eigenvalue weighted by Gasteiger charge is -2.05. The Balaban J connectivity index is 1.30. The zero-order valence-corrected chi connectivity index (χ0v) is 13.2. The molecule has 0 saturated carbocycles. The van der Waals surface area contributed by atoms with Crippen molar-refractivity contribution >= 4 is 21.6 Å². The summed E-state index contributed by atoms with van der Waals surface area (Å²) < 4.78 is 12.6. The van der Waals surface area contributed by atoms with E-state index in [4.69, 9.17) is 9.47 Å². The molecule has 0 unspecified atom stereocenters. The van der Waals surface area contributed by atoms with E-state index in [1.165, 1.54) is 4.70 Å². The molecule has 0 amide bonds. The molecule has 0 aliphatic carbocycles. The summed E-state index contributed by atoms with van der Waals surface area (Å²) in [5, 5.41) is 0.765. The number of aromatic nitrogens is 1. The Morgan fingerprint density at radius 1 is 0.773 bits per heavy atom. The second-order valence-corrected chi connectivity index (χ2v) is 6.01. The van der Waals surface area contributed by atoms with Crippen molar-refractivity contribution in [3.63, 3.8) is 0 Å². The van der Waals surface area contributed by atoms with E-state index in [1.54, 1.807) is 11.3 Å². The first-order valence-electron chi connectivity index (χ1n) is 7.58. The molecule has 0 saturated heterocycles. The van der Waals surface area contributed by atoms with Crippen LogP contribution in [0.3, 0.4) is 0 Å². The average molecular weight is 313 g/mol. The third-order valence-corrected chi connectivity index (χ3v) is 4.25. The van der Waals surface area contributed by atoms with Crippen LogP contribution in [0.4, 0.5) is 0 Å². The summed E-state index contributed by atoms with van der Waals surface area (Å²) in [7, 11) is 0. The summed E-state index contributed by atoms with van der Waals surface area (Å²) in [6.45, 7) is 1.47. The van der Waals surface area contributed by atoms with Crippen LogP contribution in [0, 0.1) is 0 Å². The molecule has 1 aromatic heterocycles. The molecule has 0 radical (unpaired) electrons. The minimum Gasteiger partial charge on any atom is -0.494 e. The third-order valence-electron chi connectivity index (χ3n) is 3.30. The predicted molar refractivity (Wildman–Crippen MR) is 90.9 cm³/mol. The number of unbranched alkanes of at least 4 members (excludes halogenated alkanes) is 2. The smallest absolute Gasteiger partial charge is 0.274 e. The number of hydrogen-bond donors (Lipinski definition) is 0. The molecule has 0 bridgehead atoms. The lowest BCUT2D eigenvalue weighted by molar-refractivity contribution is 0.279. The first-order chi connectivity index (χ1) is 10.9. The molecule has 114 valence electrons. The van der Waals surface area contributed by atoms with Crippen molar-refractivity contribution in [3.8, 4) is 10.9 Å². The van der Waals surface area contributed by atoms with Gasteiger partial charge in [-0.2, -0.15) is 0 Å². The van der Waals surface area contributed by atoms with Crippen LogP contribution in [-0.4, -0.2) is 18.2 Å². The van der Waals surface area contributed by atoms with Crippen LogP contribution < -0.4 is 9.47 Å². The highest BCUT2D eigenvalue weighted by molar-refractivity contribution is 7.20. The Labute approximate surface area is 134 Å². The normalized spacial score (nSPS) is 10.7. The van der Waals surface area contributed by atoms with Gasteiger partial charge in [0.2, 0.25) is 0 Å². The fourth-order valence-electron chi connectivity index (χ4n) is 2.16. The van der Waals surface area contributed by atoms with Crippen molar-refractivity contribution in [2.24, 2.45) is 0 Å². The van der Waals surface area contributed by atoms with Crippen LogP contribution in [0.25, 0.3) is 10.2 Å². The summed E-state index contributed by atoms with van der Waals surface area (Å²) in [5.74, 6) is 0.938. The van der Waals surface area contributed by atoms with Crippen molar-refractivity contribution < 1.29 is 9.47 Å². The largest absolute Gasteiger partial charge is 0.494 e. The molecule has 0 aliphatic heterocycles. The number of rotatable bonds is 8. The van der Waals surface area contributed by atoms with Crippen molar-refractivity contribution in [2.45, 2.75) is 19.3 Å². The quantitative estimate of drug-likeness (QED) is 0.553. The summed E-state index contributed by atoms with van der Waals surface area (Å²) in [6, 6.07) is 18.0. The molecular formula is C18H19NO2S. The summed E-state index contributed by atoms with van der Waals surface area (Å²) in [6.07, 6.45) is 3.16. The van der Waals surface area contributed by atoms with Gasteiger partial charge in [-0.3, -0.25) is 0 Å². The van der Waals surface area contributed by atoms with Gasteiger partial charge in [-0.25, -0.2) is 4.98 Å². The van der Waals surface area contributed by atoms with E-state index in [1.807, 2.05) is 48.5 Å². The van der Waals surface area contributed by atoms with Gasteiger partial charge in [-0.05, 0) is 43.5 Å². The number of thiazole rings is 1. The molecule has 3 nitrogen and oxygen atoms in total. The highest BCUT2D eigenvalue weighted by Crippen LogP contribution is 2.27. The van der Waals surface area contributed by atoms with Gasteiger partial charge in [-0.1, -0.05) is 41.7 Å². The number of nitrogens with zero attached hydrogens (tertiary/aromatic N) is 1. The van der Waals surface area contributed by atoms with E-state index in [9.17, 15) is 0 Å². The Kier molecular flexibility index (Phi) is 5.27. The lowest BCUT2D eigenvalue weighted by atomic mass is 10.2. The Morgan fingerprint density at radius 2 is 1.50 bits per heavy atom. The van der Waals surface area contributed by atoms with E-state index in [2.05, 4.69) is 11.1 Å². The maximum atomic E-state index is 5.72. The first-order valence-corrected chi connectivity index (χ1v) is 8.40. The maximum absolute atomic E-state index is 5.72. The minimum atomic E-state index is 0.713. The Bertz CT molecular complexity index is 663. The first kappa shape index (κ1) is 14.9. The number of benzene rings is 2. The van der Waals surface area contributed by atoms with Crippen molar-refractivity contribution in [1.82, 2.24) is 4.98 Å². The van der Waals surface area contributed by atoms with Crippen molar-refractivity contribution in [3.05, 3.63) is 54.6 Å². The molecule has 3 rings (SSSR count). The molecular weight excluding hydrogens is 294 g/mol. The molecule has 1 heterocycles. The van der Waals surface area contributed by atoms with Crippen LogP contribution in [0.1, 0.15) is 19.3 Å². The third kappa shape index (κ3) is 4.21. The van der Waals surface area contributed by atoms with Crippen LogP contribution in [0.5, 0.6) is 10.9 Å². The van der Waals surface area contributed by atoms with Gasteiger partial charge in [0.05, 0.1) is 23.4 Å². The van der Waals surface area contributed by atoms with Crippen molar-refractivity contribution in [1.29, 1.82) is 0 Å². The molecule has 0 spiro atoms. The predicted octanol–water partition coefficient (Wildman–Crippen LogP) is 4.92. The second-order valence-electron chi connectivity index (χ2n) is 5.02. The topological polar surface area (TPSA) is 31.4 Å². The number of ether oxygens (including phenoxy) is 2. The molecule has 2 aromatic carbocycles. The van der Waals surface area contributed by atoms with Crippen LogP contribution in [0.2, 0.25) is 0 Å². The zero-order valence-electron chi connectivity index (χ0n) is 12.4. The Morgan fingerprint density at radius 3 is 2.32 bits per heavy atom. The number of fused-ring (bicyclic) bond motifs is 1. The van der Waals surface area contributed by atoms with Gasteiger partial charge in [0.25, 0.3) is 5.19 Å². The summed E-state index contributed by atoms with van der Waals surface area (Å²) in [5.41, 5.74) is 1.01. The minimum absolute atomic E-state index is 0.713. The second kappa shape index (κ2) is 7.80. The molecule has 0 fully saturated rings. The Hall–Kier alpha value is -2.07. The molecule has 3 aromatic rings. The molecule has 0 N–H and O–H groups in total. The van der Waals surface area contributed by atoms with Crippen molar-refractivity contribution in [2.75, 3.05) is 13.2 Å². The van der Waals surface area contributed by atoms with E-state index in [-0.39, 0.29) is 0 Å². The van der Waals surface area contributed by atoms with Gasteiger partial charge in [0.1, 0.15) is 5.75 Å². The number of hydrogen-bond acceptors (Lipinski definition) is 4. The van der Waals surface area contributed by atoms with Gasteiger partial charge >= 0.3 is 0 Å². The van der Waals surface area contributed by atoms with Gasteiger partial charge in [0.15, 0.2) is 0 Å². The molecule has 4 heteroatoms. The monoisotopic (exact) mass is 313 g/mol. The fourth-order valence-corrected chi connectivity index (χ4v) is 3.00. The van der Waals surface area contributed by atoms with E-state index >= 15 is 0 Å². The van der Waals surface area contributed by atoms with Gasteiger partial charge in [0, 0.05) is 0 Å². The molecule has 0 aliphatic rings. The highest BCUT2D eigenvalue weighted by Gasteiger charge is 2.03. The van der Waals surface area contributed by atoms with Gasteiger partial charge in [-0.15, -0.1) is 0 Å². The van der Waals surface area contributed by atoms with Gasteiger partial charge < -0.3 is 9.47 Å². The highest BCUT2D eigenvalue weighted by atomic mass is 32.1. The van der Waals surface area contributed by atoms with E-state index in [0.717, 1.165) is 42.3 Å². The van der Waals surface area contributed by atoms with Crippen LogP contribution >= 0.6 is 11.3 Å². The van der Waals surface area contributed by atoms with Crippen LogP contribution in [-0.2, 0) is 0 Å². The lowest BCUT2D eigenvalue weighted by Crippen LogP contribution is -2.00. The SMILES string of the molecule is c1ccc(OCCCCCOc2nc3ccccc3s2)cc1. The zero-order chi connectivity index (χ0) is 15.0. The number of para-hydroxylation sites is 2. The average Bonchev–Trinajstić information content (AvgIpc) is 2.97. The van der Waals surface area contributed by atoms with E-state index < -0.39 is 0 Å². The van der Waals surface area contributed by atoms with E-state index in [0.29, 0.717) is 6.61 Å². The standard InChI is InChI=1S/C18H19NO2S/c1-3-9-15(10-4-1)20-13-7-2-8-14-21-18-19-16-11-5-6-12-17(16)22-18/h1,3-6,9-12H,2,7-8,13-14H2.